The van der Waals surface area contributed by atoms with E-state index in [-0.39, 0.29) is 5.56 Å². The molecule has 0 saturated carbocycles. The molecule has 0 N–H and O–H groups in total. The Bertz CT molecular complexity index is 429. The van der Waals surface area contributed by atoms with Crippen molar-refractivity contribution in [3.05, 3.63) is 41.5 Å². The van der Waals surface area contributed by atoms with Crippen LogP contribution in [-0.4, -0.2) is 12.8 Å². The van der Waals surface area contributed by atoms with Crippen LogP contribution < -0.4 is 0 Å². The minimum atomic E-state index is -4.52. The zero-order valence-corrected chi connectivity index (χ0v) is 9.50. The Morgan fingerprint density at radius 3 is 2.53 bits per heavy atom. The molecule has 0 bridgehead atoms. The summed E-state index contributed by atoms with van der Waals surface area (Å²) in [6.45, 7) is -1.58. The van der Waals surface area contributed by atoms with Gasteiger partial charge in [-0.1, -0.05) is 18.2 Å². The van der Waals surface area contributed by atoms with E-state index in [4.69, 9.17) is 0 Å². The van der Waals surface area contributed by atoms with Gasteiger partial charge in [-0.25, -0.2) is 4.39 Å². The van der Waals surface area contributed by atoms with Gasteiger partial charge in [0.2, 0.25) is 8.03 Å². The SMILES string of the molecule is O=[PH](C=Cc1ccccc1F)OCC(F)(F)F. The quantitative estimate of drug-likeness (QED) is 0.612. The first-order valence-electron chi connectivity index (χ1n) is 4.54. The molecule has 0 aliphatic heterocycles. The lowest BCUT2D eigenvalue weighted by Gasteiger charge is -2.04. The molecule has 1 rings (SSSR count). The van der Waals surface area contributed by atoms with E-state index in [1.165, 1.54) is 18.2 Å². The summed E-state index contributed by atoms with van der Waals surface area (Å²) < 4.78 is 63.3. The second-order valence-electron chi connectivity index (χ2n) is 3.08. The van der Waals surface area contributed by atoms with Gasteiger partial charge in [-0.2, -0.15) is 13.2 Å². The van der Waals surface area contributed by atoms with Crippen molar-refractivity contribution in [1.82, 2.24) is 0 Å². The molecule has 17 heavy (non-hydrogen) atoms. The van der Waals surface area contributed by atoms with Crippen molar-refractivity contribution in [2.24, 2.45) is 0 Å². The Kier molecular flexibility index (Phi) is 4.90. The molecular formula is C10H9F4O2P. The summed E-state index contributed by atoms with van der Waals surface area (Å²) in [6.07, 6.45) is -3.39. The zero-order chi connectivity index (χ0) is 12.9. The average Bonchev–Trinajstić information content (AvgIpc) is 2.24. The number of hydrogen-bond acceptors (Lipinski definition) is 2. The van der Waals surface area contributed by atoms with Crippen LogP contribution in [-0.2, 0) is 9.09 Å². The summed E-state index contributed by atoms with van der Waals surface area (Å²) in [7, 11) is -2.95. The van der Waals surface area contributed by atoms with Gasteiger partial charge in [-0.15, -0.1) is 0 Å². The molecule has 0 amide bonds. The molecule has 1 unspecified atom stereocenters. The van der Waals surface area contributed by atoms with E-state index in [9.17, 15) is 22.1 Å². The highest BCUT2D eigenvalue weighted by Gasteiger charge is 2.28. The van der Waals surface area contributed by atoms with E-state index in [1.807, 2.05) is 0 Å². The standard InChI is InChI=1S/C10H9F4O2P/c11-9-4-2-1-3-8(9)5-6-17(15)16-7-10(12,13)14/h1-6,17H,7H2. The van der Waals surface area contributed by atoms with Gasteiger partial charge in [-0.3, -0.25) is 4.57 Å². The molecule has 0 saturated heterocycles. The summed E-state index contributed by atoms with van der Waals surface area (Å²) in [4.78, 5) is 0. The molecule has 0 spiro atoms. The summed E-state index contributed by atoms with van der Waals surface area (Å²) in [5, 5.41) is 0. The molecule has 0 aliphatic rings. The lowest BCUT2D eigenvalue weighted by molar-refractivity contribution is -0.152. The predicted molar refractivity (Wildman–Crippen MR) is 56.4 cm³/mol. The first-order chi connectivity index (χ1) is 7.88. The highest BCUT2D eigenvalue weighted by atomic mass is 31.1. The second-order valence-corrected chi connectivity index (χ2v) is 4.34. The van der Waals surface area contributed by atoms with Crippen LogP contribution in [0.25, 0.3) is 6.08 Å². The number of alkyl halides is 3. The van der Waals surface area contributed by atoms with E-state index in [2.05, 4.69) is 4.52 Å². The maximum atomic E-state index is 13.1. The Labute approximate surface area is 95.8 Å². The summed E-state index contributed by atoms with van der Waals surface area (Å²) >= 11 is 0. The maximum absolute atomic E-state index is 13.1. The fourth-order valence-electron chi connectivity index (χ4n) is 0.969. The van der Waals surface area contributed by atoms with Crippen LogP contribution in [0.1, 0.15) is 5.56 Å². The molecule has 7 heteroatoms. The third-order valence-electron chi connectivity index (χ3n) is 1.68. The fourth-order valence-corrected chi connectivity index (χ4v) is 1.69. The lowest BCUT2D eigenvalue weighted by atomic mass is 10.2. The molecule has 94 valence electrons. The van der Waals surface area contributed by atoms with E-state index in [0.717, 1.165) is 11.9 Å². The Morgan fingerprint density at radius 2 is 1.94 bits per heavy atom. The molecule has 1 aromatic carbocycles. The molecule has 0 aromatic heterocycles. The van der Waals surface area contributed by atoms with Crippen molar-refractivity contribution in [3.8, 4) is 0 Å². The van der Waals surface area contributed by atoms with Crippen molar-refractivity contribution in [2.75, 3.05) is 6.61 Å². The van der Waals surface area contributed by atoms with Crippen LogP contribution >= 0.6 is 8.03 Å². The van der Waals surface area contributed by atoms with Gasteiger partial charge >= 0.3 is 6.18 Å². The van der Waals surface area contributed by atoms with Crippen molar-refractivity contribution in [2.45, 2.75) is 6.18 Å². The molecule has 0 radical (unpaired) electrons. The van der Waals surface area contributed by atoms with Crippen LogP contribution in [0.2, 0.25) is 0 Å². The summed E-state index contributed by atoms with van der Waals surface area (Å²) in [5.41, 5.74) is 0.140. The van der Waals surface area contributed by atoms with E-state index in [1.54, 1.807) is 6.07 Å². The third-order valence-corrected chi connectivity index (χ3v) is 2.55. The van der Waals surface area contributed by atoms with Gasteiger partial charge in [0.25, 0.3) is 0 Å². The van der Waals surface area contributed by atoms with Crippen LogP contribution in [0.3, 0.4) is 0 Å². The van der Waals surface area contributed by atoms with Crippen molar-refractivity contribution in [1.29, 1.82) is 0 Å². The monoisotopic (exact) mass is 268 g/mol. The van der Waals surface area contributed by atoms with E-state index < -0.39 is 26.6 Å². The van der Waals surface area contributed by atoms with Crippen molar-refractivity contribution >= 4 is 14.1 Å². The zero-order valence-electron chi connectivity index (χ0n) is 8.50. The fraction of sp³-hybridized carbons (Fsp3) is 0.200. The van der Waals surface area contributed by atoms with Gasteiger partial charge < -0.3 is 4.52 Å². The van der Waals surface area contributed by atoms with E-state index >= 15 is 0 Å². The normalized spacial score (nSPS) is 14.1. The number of benzene rings is 1. The summed E-state index contributed by atoms with van der Waals surface area (Å²) in [6, 6.07) is 5.62. The van der Waals surface area contributed by atoms with Crippen LogP contribution in [0.4, 0.5) is 17.6 Å². The summed E-state index contributed by atoms with van der Waals surface area (Å²) in [5.74, 6) is 0.379. The topological polar surface area (TPSA) is 26.3 Å². The molecule has 0 aliphatic carbocycles. The highest BCUT2D eigenvalue weighted by molar-refractivity contribution is 7.43. The molecule has 0 heterocycles. The average molecular weight is 268 g/mol. The molecule has 0 fully saturated rings. The Hall–Kier alpha value is -1.13. The molecule has 1 aromatic rings. The highest BCUT2D eigenvalue weighted by Crippen LogP contribution is 2.29. The van der Waals surface area contributed by atoms with E-state index in [0.29, 0.717) is 0 Å². The van der Waals surface area contributed by atoms with Crippen LogP contribution in [0.5, 0.6) is 0 Å². The molecular weight excluding hydrogens is 259 g/mol. The van der Waals surface area contributed by atoms with Gasteiger partial charge in [0.05, 0.1) is 0 Å². The van der Waals surface area contributed by atoms with Crippen molar-refractivity contribution in [3.63, 3.8) is 0 Å². The van der Waals surface area contributed by atoms with Crippen LogP contribution in [0, 0.1) is 5.82 Å². The number of halogens is 4. The molecule has 1 atom stereocenters. The third kappa shape index (κ3) is 5.65. The van der Waals surface area contributed by atoms with Crippen molar-refractivity contribution < 1.29 is 26.7 Å². The first-order valence-corrected chi connectivity index (χ1v) is 5.94. The second kappa shape index (κ2) is 5.98. The number of hydrogen-bond donors (Lipinski definition) is 0. The van der Waals surface area contributed by atoms with Gasteiger partial charge in [0.15, 0.2) is 0 Å². The molecule has 2 nitrogen and oxygen atoms in total. The van der Waals surface area contributed by atoms with Gasteiger partial charge in [0.1, 0.15) is 12.4 Å². The smallest absolute Gasteiger partial charge is 0.318 e. The largest absolute Gasteiger partial charge is 0.412 e. The lowest BCUT2D eigenvalue weighted by Crippen LogP contribution is -2.14. The minimum Gasteiger partial charge on any atom is -0.318 e. The number of rotatable bonds is 4. The predicted octanol–water partition coefficient (Wildman–Crippen LogP) is 3.85. The first kappa shape index (κ1) is 13.9. The maximum Gasteiger partial charge on any atom is 0.412 e. The van der Waals surface area contributed by atoms with Crippen LogP contribution in [0.15, 0.2) is 30.1 Å². The Morgan fingerprint density at radius 1 is 1.29 bits per heavy atom. The van der Waals surface area contributed by atoms with Gasteiger partial charge in [0, 0.05) is 5.56 Å². The Balaban J connectivity index is 2.55. The van der Waals surface area contributed by atoms with Gasteiger partial charge in [-0.05, 0) is 18.0 Å². The minimum absolute atomic E-state index is 0.140.